The van der Waals surface area contributed by atoms with Crippen LogP contribution in [0.3, 0.4) is 0 Å². The lowest BCUT2D eigenvalue weighted by molar-refractivity contribution is -0.141. The maximum atomic E-state index is 12.7. The molecular formula is C14H14F3N3O. The highest BCUT2D eigenvalue weighted by Crippen LogP contribution is 2.32. The van der Waals surface area contributed by atoms with Crippen LogP contribution in [-0.2, 0) is 12.6 Å². The van der Waals surface area contributed by atoms with Crippen molar-refractivity contribution in [2.24, 2.45) is 0 Å². The average molecular weight is 297 g/mol. The normalized spacial score (nSPS) is 11.4. The molecule has 0 amide bonds. The van der Waals surface area contributed by atoms with E-state index in [-0.39, 0.29) is 17.9 Å². The molecule has 2 aromatic rings. The summed E-state index contributed by atoms with van der Waals surface area (Å²) in [6.07, 6.45) is -4.33. The first-order valence-corrected chi connectivity index (χ1v) is 6.06. The van der Waals surface area contributed by atoms with Gasteiger partial charge in [-0.05, 0) is 35.7 Å². The maximum Gasteiger partial charge on any atom is 0.433 e. The Labute approximate surface area is 119 Å². The minimum atomic E-state index is -4.56. The highest BCUT2D eigenvalue weighted by molar-refractivity contribution is 5.64. The molecular weight excluding hydrogens is 283 g/mol. The fourth-order valence-corrected chi connectivity index (χ4v) is 1.88. The summed E-state index contributed by atoms with van der Waals surface area (Å²) in [5.41, 5.74) is 11.3. The van der Waals surface area contributed by atoms with Gasteiger partial charge < -0.3 is 16.2 Å². The molecule has 0 bridgehead atoms. The van der Waals surface area contributed by atoms with E-state index in [4.69, 9.17) is 16.2 Å². The Bertz CT molecular complexity index is 639. The third kappa shape index (κ3) is 3.36. The van der Waals surface area contributed by atoms with E-state index in [2.05, 4.69) is 4.98 Å². The first-order chi connectivity index (χ1) is 9.81. The van der Waals surface area contributed by atoms with Crippen LogP contribution in [0.25, 0.3) is 0 Å². The number of rotatable bonds is 3. The maximum absolute atomic E-state index is 12.7. The molecule has 0 unspecified atom stereocenters. The number of ether oxygens (including phenoxy) is 1. The predicted molar refractivity (Wildman–Crippen MR) is 73.9 cm³/mol. The lowest BCUT2D eigenvalue weighted by Crippen LogP contribution is -2.13. The zero-order chi connectivity index (χ0) is 15.6. The number of halogens is 3. The summed E-state index contributed by atoms with van der Waals surface area (Å²) < 4.78 is 43.2. The number of aromatic nitrogens is 1. The van der Waals surface area contributed by atoms with E-state index in [0.717, 1.165) is 11.6 Å². The third-order valence-electron chi connectivity index (χ3n) is 3.02. The topological polar surface area (TPSA) is 74.2 Å². The van der Waals surface area contributed by atoms with Crippen LogP contribution in [0.15, 0.2) is 30.3 Å². The van der Waals surface area contributed by atoms with E-state index >= 15 is 0 Å². The molecule has 0 radical (unpaired) electrons. The van der Waals surface area contributed by atoms with Gasteiger partial charge in [0.15, 0.2) is 0 Å². The van der Waals surface area contributed by atoms with Gasteiger partial charge in [0.2, 0.25) is 0 Å². The van der Waals surface area contributed by atoms with Gasteiger partial charge in [0.05, 0.1) is 12.8 Å². The standard InChI is InChI=1S/C14H14F3N3O/c1-21-10-4-2-8(3-5-10)6-9-7-11(14(15,16)17)20-13(19)12(9)18/h2-5,7H,6,18H2,1H3,(H2,19,20). The number of nitrogen functional groups attached to an aromatic ring is 2. The van der Waals surface area contributed by atoms with Gasteiger partial charge in [-0.1, -0.05) is 12.1 Å². The van der Waals surface area contributed by atoms with Crippen molar-refractivity contribution in [3.63, 3.8) is 0 Å². The molecule has 7 heteroatoms. The van der Waals surface area contributed by atoms with Crippen molar-refractivity contribution >= 4 is 11.5 Å². The number of methoxy groups -OCH3 is 1. The second-order valence-electron chi connectivity index (χ2n) is 4.49. The van der Waals surface area contributed by atoms with Gasteiger partial charge in [0.1, 0.15) is 17.3 Å². The van der Waals surface area contributed by atoms with Gasteiger partial charge in [0, 0.05) is 0 Å². The lowest BCUT2D eigenvalue weighted by atomic mass is 10.0. The van der Waals surface area contributed by atoms with Crippen molar-refractivity contribution in [2.75, 3.05) is 18.6 Å². The van der Waals surface area contributed by atoms with Gasteiger partial charge in [-0.2, -0.15) is 13.2 Å². The summed E-state index contributed by atoms with van der Waals surface area (Å²) in [5.74, 6) is 0.352. The summed E-state index contributed by atoms with van der Waals surface area (Å²) in [6, 6.07) is 7.88. The van der Waals surface area contributed by atoms with E-state index in [0.29, 0.717) is 11.3 Å². The highest BCUT2D eigenvalue weighted by atomic mass is 19.4. The molecule has 1 heterocycles. The van der Waals surface area contributed by atoms with Gasteiger partial charge in [0.25, 0.3) is 0 Å². The second kappa shape index (κ2) is 5.51. The first kappa shape index (κ1) is 15.0. The number of hydrogen-bond donors (Lipinski definition) is 2. The van der Waals surface area contributed by atoms with E-state index in [9.17, 15) is 13.2 Å². The van der Waals surface area contributed by atoms with Crippen LogP contribution < -0.4 is 16.2 Å². The number of anilines is 2. The van der Waals surface area contributed by atoms with Crippen molar-refractivity contribution in [3.8, 4) is 5.75 Å². The Balaban J connectivity index is 2.36. The fourth-order valence-electron chi connectivity index (χ4n) is 1.88. The summed E-state index contributed by atoms with van der Waals surface area (Å²) in [7, 11) is 1.53. The first-order valence-electron chi connectivity index (χ1n) is 6.06. The zero-order valence-corrected chi connectivity index (χ0v) is 11.2. The van der Waals surface area contributed by atoms with Gasteiger partial charge in [-0.15, -0.1) is 0 Å². The molecule has 0 saturated carbocycles. The summed E-state index contributed by atoms with van der Waals surface area (Å²) in [6.45, 7) is 0. The van der Waals surface area contributed by atoms with Crippen molar-refractivity contribution in [2.45, 2.75) is 12.6 Å². The van der Waals surface area contributed by atoms with Crippen molar-refractivity contribution < 1.29 is 17.9 Å². The Morgan fingerprint density at radius 1 is 1.14 bits per heavy atom. The molecule has 1 aromatic heterocycles. The summed E-state index contributed by atoms with van der Waals surface area (Å²) in [4.78, 5) is 3.28. The largest absolute Gasteiger partial charge is 0.497 e. The highest BCUT2D eigenvalue weighted by Gasteiger charge is 2.33. The van der Waals surface area contributed by atoms with E-state index in [1.807, 2.05) is 0 Å². The van der Waals surface area contributed by atoms with Crippen LogP contribution >= 0.6 is 0 Å². The summed E-state index contributed by atoms with van der Waals surface area (Å²) in [5, 5.41) is 0. The van der Waals surface area contributed by atoms with Crippen molar-refractivity contribution in [1.29, 1.82) is 0 Å². The monoisotopic (exact) mass is 297 g/mol. The molecule has 112 valence electrons. The number of nitrogens with two attached hydrogens (primary N) is 2. The Morgan fingerprint density at radius 3 is 2.29 bits per heavy atom. The van der Waals surface area contributed by atoms with Crippen LogP contribution in [0.4, 0.5) is 24.7 Å². The lowest BCUT2D eigenvalue weighted by Gasteiger charge is -2.13. The van der Waals surface area contributed by atoms with Gasteiger partial charge in [-0.3, -0.25) is 0 Å². The average Bonchev–Trinajstić information content (AvgIpc) is 2.43. The molecule has 0 spiro atoms. The molecule has 4 N–H and O–H groups in total. The van der Waals surface area contributed by atoms with Crippen LogP contribution in [0.1, 0.15) is 16.8 Å². The third-order valence-corrected chi connectivity index (χ3v) is 3.02. The van der Waals surface area contributed by atoms with Crippen molar-refractivity contribution in [3.05, 3.63) is 47.2 Å². The van der Waals surface area contributed by atoms with E-state index in [1.54, 1.807) is 24.3 Å². The SMILES string of the molecule is COc1ccc(Cc2cc(C(F)(F)F)nc(N)c2N)cc1. The van der Waals surface area contributed by atoms with Gasteiger partial charge >= 0.3 is 6.18 Å². The summed E-state index contributed by atoms with van der Waals surface area (Å²) >= 11 is 0. The molecule has 0 fully saturated rings. The smallest absolute Gasteiger partial charge is 0.433 e. The molecule has 0 aliphatic heterocycles. The van der Waals surface area contributed by atoms with Crippen LogP contribution in [0.5, 0.6) is 5.75 Å². The van der Waals surface area contributed by atoms with Crippen LogP contribution in [0, 0.1) is 0 Å². The molecule has 21 heavy (non-hydrogen) atoms. The Morgan fingerprint density at radius 2 is 1.76 bits per heavy atom. The molecule has 0 aliphatic rings. The number of nitrogens with zero attached hydrogens (tertiary/aromatic N) is 1. The molecule has 4 nitrogen and oxygen atoms in total. The molecule has 2 rings (SSSR count). The minimum absolute atomic E-state index is 0.0684. The number of benzene rings is 1. The van der Waals surface area contributed by atoms with Crippen LogP contribution in [-0.4, -0.2) is 12.1 Å². The number of alkyl halides is 3. The Hall–Kier alpha value is -2.44. The molecule has 0 aliphatic carbocycles. The predicted octanol–water partition coefficient (Wildman–Crippen LogP) is 2.86. The second-order valence-corrected chi connectivity index (χ2v) is 4.49. The molecule has 0 atom stereocenters. The quantitative estimate of drug-likeness (QED) is 0.913. The Kier molecular flexibility index (Phi) is 3.93. The molecule has 1 aromatic carbocycles. The van der Waals surface area contributed by atoms with E-state index < -0.39 is 11.9 Å². The minimum Gasteiger partial charge on any atom is -0.497 e. The van der Waals surface area contributed by atoms with Crippen LogP contribution in [0.2, 0.25) is 0 Å². The van der Waals surface area contributed by atoms with Crippen molar-refractivity contribution in [1.82, 2.24) is 4.98 Å². The zero-order valence-electron chi connectivity index (χ0n) is 11.2. The number of hydrogen-bond acceptors (Lipinski definition) is 4. The number of pyridine rings is 1. The van der Waals surface area contributed by atoms with E-state index in [1.165, 1.54) is 7.11 Å². The van der Waals surface area contributed by atoms with Gasteiger partial charge in [-0.25, -0.2) is 4.98 Å². The fraction of sp³-hybridized carbons (Fsp3) is 0.214. The molecule has 0 saturated heterocycles.